The SMILES string of the molecule is CCC(C)(C)C(=O)OC(C)(C)COC. The van der Waals surface area contributed by atoms with E-state index in [1.54, 1.807) is 7.11 Å². The highest BCUT2D eigenvalue weighted by atomic mass is 16.6. The van der Waals surface area contributed by atoms with Gasteiger partial charge in [0, 0.05) is 7.11 Å². The first-order valence-corrected chi connectivity index (χ1v) is 4.97. The molecule has 0 radical (unpaired) electrons. The first kappa shape index (κ1) is 13.4. The molecule has 0 aliphatic heterocycles. The summed E-state index contributed by atoms with van der Waals surface area (Å²) in [5.41, 5.74) is -0.955. The topological polar surface area (TPSA) is 35.5 Å². The molecule has 0 aromatic rings. The van der Waals surface area contributed by atoms with Crippen molar-refractivity contribution in [1.82, 2.24) is 0 Å². The van der Waals surface area contributed by atoms with Crippen LogP contribution in [0.15, 0.2) is 0 Å². The minimum atomic E-state index is -0.543. The van der Waals surface area contributed by atoms with Gasteiger partial charge in [-0.25, -0.2) is 0 Å². The van der Waals surface area contributed by atoms with E-state index in [2.05, 4.69) is 0 Å². The standard InChI is InChI=1S/C11H22O3/c1-7-10(2,3)9(12)14-11(4,5)8-13-6/h7-8H2,1-6H3. The molecule has 0 aliphatic carbocycles. The third-order valence-corrected chi connectivity index (χ3v) is 2.30. The summed E-state index contributed by atoms with van der Waals surface area (Å²) in [6.07, 6.45) is 0.773. The maximum atomic E-state index is 11.7. The molecule has 3 nitrogen and oxygen atoms in total. The first-order valence-electron chi connectivity index (χ1n) is 4.97. The molecule has 0 atom stereocenters. The molecule has 14 heavy (non-hydrogen) atoms. The molecule has 0 amide bonds. The van der Waals surface area contributed by atoms with Crippen molar-refractivity contribution < 1.29 is 14.3 Å². The largest absolute Gasteiger partial charge is 0.457 e. The Labute approximate surface area is 86.8 Å². The average molecular weight is 202 g/mol. The fourth-order valence-corrected chi connectivity index (χ4v) is 0.910. The molecule has 0 spiro atoms. The van der Waals surface area contributed by atoms with Gasteiger partial charge < -0.3 is 9.47 Å². The van der Waals surface area contributed by atoms with Crippen LogP contribution in [0.2, 0.25) is 0 Å². The van der Waals surface area contributed by atoms with Crippen molar-refractivity contribution >= 4 is 5.97 Å². The number of carbonyl (C=O) groups excluding carboxylic acids is 1. The molecule has 0 heterocycles. The van der Waals surface area contributed by atoms with E-state index in [1.165, 1.54) is 0 Å². The van der Waals surface area contributed by atoms with Crippen LogP contribution in [0.1, 0.15) is 41.0 Å². The second-order valence-corrected chi connectivity index (χ2v) is 4.82. The van der Waals surface area contributed by atoms with Gasteiger partial charge in [-0.1, -0.05) is 6.92 Å². The lowest BCUT2D eigenvalue weighted by molar-refractivity contribution is -0.171. The Bertz CT molecular complexity index is 195. The lowest BCUT2D eigenvalue weighted by atomic mass is 9.90. The lowest BCUT2D eigenvalue weighted by Gasteiger charge is -2.29. The molecule has 0 aromatic carbocycles. The summed E-state index contributed by atoms with van der Waals surface area (Å²) >= 11 is 0. The normalized spacial score (nSPS) is 12.7. The third kappa shape index (κ3) is 4.09. The van der Waals surface area contributed by atoms with Gasteiger partial charge in [0.2, 0.25) is 0 Å². The lowest BCUT2D eigenvalue weighted by Crippen LogP contribution is -2.38. The highest BCUT2D eigenvalue weighted by molar-refractivity contribution is 5.76. The average Bonchev–Trinajstić information content (AvgIpc) is 2.03. The van der Waals surface area contributed by atoms with Crippen molar-refractivity contribution in [1.29, 1.82) is 0 Å². The Kier molecular flexibility index (Phi) is 4.59. The number of hydrogen-bond donors (Lipinski definition) is 0. The van der Waals surface area contributed by atoms with E-state index in [1.807, 2.05) is 34.6 Å². The second kappa shape index (κ2) is 4.78. The molecule has 0 saturated carbocycles. The number of methoxy groups -OCH3 is 1. The molecule has 0 fully saturated rings. The Balaban J connectivity index is 4.31. The molecule has 0 aliphatic rings. The Morgan fingerprint density at radius 1 is 1.21 bits per heavy atom. The Hall–Kier alpha value is -0.570. The molecule has 0 unspecified atom stereocenters. The van der Waals surface area contributed by atoms with Crippen molar-refractivity contribution in [3.63, 3.8) is 0 Å². The predicted octanol–water partition coefficient (Wildman–Crippen LogP) is 2.39. The van der Waals surface area contributed by atoms with E-state index in [-0.39, 0.29) is 5.97 Å². The molecule has 3 heteroatoms. The van der Waals surface area contributed by atoms with E-state index in [0.717, 1.165) is 6.42 Å². The number of esters is 1. The van der Waals surface area contributed by atoms with Crippen molar-refractivity contribution in [2.45, 2.75) is 46.6 Å². The fourth-order valence-electron chi connectivity index (χ4n) is 0.910. The number of carbonyl (C=O) groups is 1. The number of hydrogen-bond acceptors (Lipinski definition) is 3. The van der Waals surface area contributed by atoms with Gasteiger partial charge in [-0.15, -0.1) is 0 Å². The summed E-state index contributed by atoms with van der Waals surface area (Å²) in [5, 5.41) is 0. The maximum Gasteiger partial charge on any atom is 0.312 e. The van der Waals surface area contributed by atoms with Crippen molar-refractivity contribution in [2.24, 2.45) is 5.41 Å². The zero-order valence-corrected chi connectivity index (χ0v) is 10.1. The molecule has 0 aromatic heterocycles. The van der Waals surface area contributed by atoms with Crippen LogP contribution in [0, 0.1) is 5.41 Å². The van der Waals surface area contributed by atoms with Gasteiger partial charge in [0.25, 0.3) is 0 Å². The van der Waals surface area contributed by atoms with Gasteiger partial charge in [0.1, 0.15) is 5.60 Å². The summed E-state index contributed by atoms with van der Waals surface area (Å²) in [6, 6.07) is 0. The van der Waals surface area contributed by atoms with Gasteiger partial charge in [0.05, 0.1) is 12.0 Å². The van der Waals surface area contributed by atoms with Crippen LogP contribution in [0.3, 0.4) is 0 Å². The maximum absolute atomic E-state index is 11.7. The van der Waals surface area contributed by atoms with Gasteiger partial charge in [-0.05, 0) is 34.1 Å². The van der Waals surface area contributed by atoms with Gasteiger partial charge in [0.15, 0.2) is 0 Å². The monoisotopic (exact) mass is 202 g/mol. The predicted molar refractivity (Wildman–Crippen MR) is 56.1 cm³/mol. The zero-order chi connectivity index (χ0) is 11.4. The van der Waals surface area contributed by atoms with Crippen molar-refractivity contribution in [3.05, 3.63) is 0 Å². The van der Waals surface area contributed by atoms with E-state index >= 15 is 0 Å². The summed E-state index contributed by atoms with van der Waals surface area (Å²) in [6.45, 7) is 9.86. The Morgan fingerprint density at radius 2 is 1.71 bits per heavy atom. The molecule has 0 rings (SSSR count). The molecule has 0 saturated heterocycles. The molecular formula is C11H22O3. The van der Waals surface area contributed by atoms with E-state index in [4.69, 9.17) is 9.47 Å². The quantitative estimate of drug-likeness (QED) is 0.642. The van der Waals surface area contributed by atoms with Crippen LogP contribution in [0.4, 0.5) is 0 Å². The van der Waals surface area contributed by atoms with Crippen molar-refractivity contribution in [2.75, 3.05) is 13.7 Å². The molecular weight excluding hydrogens is 180 g/mol. The van der Waals surface area contributed by atoms with Crippen LogP contribution in [-0.4, -0.2) is 25.3 Å². The molecule has 0 bridgehead atoms. The van der Waals surface area contributed by atoms with E-state index in [9.17, 15) is 4.79 Å². The number of ether oxygens (including phenoxy) is 2. The van der Waals surface area contributed by atoms with Crippen LogP contribution in [0.5, 0.6) is 0 Å². The van der Waals surface area contributed by atoms with Crippen LogP contribution < -0.4 is 0 Å². The number of rotatable bonds is 5. The van der Waals surface area contributed by atoms with Gasteiger partial charge in [-0.3, -0.25) is 4.79 Å². The minimum absolute atomic E-state index is 0.165. The molecule has 0 N–H and O–H groups in total. The van der Waals surface area contributed by atoms with Gasteiger partial charge in [-0.2, -0.15) is 0 Å². The zero-order valence-electron chi connectivity index (χ0n) is 10.1. The van der Waals surface area contributed by atoms with Crippen LogP contribution in [0.25, 0.3) is 0 Å². The summed E-state index contributed by atoms with van der Waals surface area (Å²) in [5.74, 6) is -0.165. The Morgan fingerprint density at radius 3 is 2.07 bits per heavy atom. The highest BCUT2D eigenvalue weighted by Gasteiger charge is 2.32. The van der Waals surface area contributed by atoms with Crippen LogP contribution >= 0.6 is 0 Å². The van der Waals surface area contributed by atoms with Crippen LogP contribution in [-0.2, 0) is 14.3 Å². The highest BCUT2D eigenvalue weighted by Crippen LogP contribution is 2.24. The summed E-state index contributed by atoms with van der Waals surface area (Å²) < 4.78 is 10.3. The second-order valence-electron chi connectivity index (χ2n) is 4.82. The van der Waals surface area contributed by atoms with Crippen molar-refractivity contribution in [3.8, 4) is 0 Å². The first-order chi connectivity index (χ1) is 6.25. The summed E-state index contributed by atoms with van der Waals surface area (Å²) in [7, 11) is 1.60. The third-order valence-electron chi connectivity index (χ3n) is 2.30. The van der Waals surface area contributed by atoms with Gasteiger partial charge >= 0.3 is 5.97 Å². The van der Waals surface area contributed by atoms with E-state index < -0.39 is 11.0 Å². The van der Waals surface area contributed by atoms with E-state index in [0.29, 0.717) is 6.61 Å². The smallest absolute Gasteiger partial charge is 0.312 e. The summed E-state index contributed by atoms with van der Waals surface area (Å²) in [4.78, 5) is 11.7. The minimum Gasteiger partial charge on any atom is -0.457 e. The molecule has 84 valence electrons. The fraction of sp³-hybridized carbons (Fsp3) is 0.909.